The molecule has 130 valence electrons. The molecule has 0 aromatic heterocycles. The molecule has 0 saturated carbocycles. The van der Waals surface area contributed by atoms with Crippen LogP contribution in [0.3, 0.4) is 0 Å². The normalized spacial score (nSPS) is 18.3. The smallest absolute Gasteiger partial charge is 0 e. The van der Waals surface area contributed by atoms with Crippen molar-refractivity contribution < 1.29 is 31.0 Å². The van der Waals surface area contributed by atoms with Crippen LogP contribution in [0.25, 0.3) is 0 Å². The van der Waals surface area contributed by atoms with Crippen molar-refractivity contribution in [1.82, 2.24) is 0 Å². The zero-order chi connectivity index (χ0) is 17.3. The summed E-state index contributed by atoms with van der Waals surface area (Å²) in [5.74, 6) is 0. The van der Waals surface area contributed by atoms with E-state index in [9.17, 15) is 0 Å². The molecule has 0 unspecified atom stereocenters. The van der Waals surface area contributed by atoms with Crippen LogP contribution in [0.15, 0.2) is 24.3 Å². The van der Waals surface area contributed by atoms with Gasteiger partial charge in [0, 0.05) is 17.1 Å². The van der Waals surface area contributed by atoms with Crippen LogP contribution < -0.4 is 0 Å². The Morgan fingerprint density at radius 1 is 0.391 bits per heavy atom. The molecule has 0 aromatic carbocycles. The second-order valence-electron chi connectivity index (χ2n) is 4.93. The molecule has 0 fully saturated rings. The molecule has 2 aliphatic carbocycles. The molecule has 0 radical (unpaired) electrons. The van der Waals surface area contributed by atoms with Gasteiger partial charge in [0.05, 0.1) is 0 Å². The van der Waals surface area contributed by atoms with Crippen LogP contribution in [-0.2, 0) is 31.0 Å². The van der Waals surface area contributed by atoms with Crippen molar-refractivity contribution in [3.63, 3.8) is 0 Å². The van der Waals surface area contributed by atoms with Crippen molar-refractivity contribution in [2.24, 2.45) is 0 Å². The van der Waals surface area contributed by atoms with Crippen LogP contribution in [0.2, 0.25) is 0 Å². The van der Waals surface area contributed by atoms with E-state index in [2.05, 4.69) is 44.3 Å². The largest absolute Gasteiger partial charge is 0 e. The summed E-state index contributed by atoms with van der Waals surface area (Å²) in [5.41, 5.74) is 0. The van der Waals surface area contributed by atoms with Gasteiger partial charge in [0.15, 0.2) is 0 Å². The Kier molecular flexibility index (Phi) is 49.1. The van der Waals surface area contributed by atoms with Crippen LogP contribution in [0, 0.1) is 20.0 Å². The van der Waals surface area contributed by atoms with Crippen LogP contribution >= 0.6 is 0 Å². The van der Waals surface area contributed by atoms with Crippen molar-refractivity contribution in [3.8, 4) is 0 Å². The number of hydrogen-bond donors (Lipinski definition) is 0. The van der Waals surface area contributed by atoms with E-state index in [1.165, 1.54) is 77.0 Å². The molecule has 0 atom stereocenters. The molecule has 2 aliphatic rings. The van der Waals surface area contributed by atoms with E-state index < -0.39 is 0 Å². The van der Waals surface area contributed by atoms with E-state index in [-0.39, 0.29) is 17.1 Å². The SMILES string of the molecule is C1=C\CCCCCC/1.C1=C\CCCCCC/1.[C-]#[O+].[C-]#[O+].[C-]#[O+].[Fe]. The Morgan fingerprint density at radius 2 is 0.565 bits per heavy atom. The minimum absolute atomic E-state index is 0. The van der Waals surface area contributed by atoms with E-state index in [1.54, 1.807) is 0 Å². The van der Waals surface area contributed by atoms with E-state index >= 15 is 0 Å². The molecule has 0 aromatic rings. The van der Waals surface area contributed by atoms with E-state index in [0.29, 0.717) is 0 Å². The molecule has 0 amide bonds. The predicted molar refractivity (Wildman–Crippen MR) is 85.5 cm³/mol. The summed E-state index contributed by atoms with van der Waals surface area (Å²) >= 11 is 0. The average molecular weight is 360 g/mol. The molecule has 3 nitrogen and oxygen atoms in total. The fourth-order valence-electron chi connectivity index (χ4n) is 2.23. The Balaban J connectivity index is -0.000000115. The summed E-state index contributed by atoms with van der Waals surface area (Å²) in [7, 11) is 0. The van der Waals surface area contributed by atoms with Crippen molar-refractivity contribution in [3.05, 3.63) is 44.3 Å². The summed E-state index contributed by atoms with van der Waals surface area (Å²) in [6.07, 6.45) is 26.0. The zero-order valence-corrected chi connectivity index (χ0v) is 15.0. The Labute approximate surface area is 152 Å². The summed E-state index contributed by atoms with van der Waals surface area (Å²) in [6, 6.07) is 0. The first kappa shape index (κ1) is 30.1. The third-order valence-corrected chi connectivity index (χ3v) is 3.32. The van der Waals surface area contributed by atoms with Crippen LogP contribution in [0.1, 0.15) is 77.0 Å². The molecule has 0 saturated heterocycles. The van der Waals surface area contributed by atoms with Crippen molar-refractivity contribution in [1.29, 1.82) is 0 Å². The minimum Gasteiger partial charge on any atom is 0 e. The maximum absolute atomic E-state index is 7.50. The van der Waals surface area contributed by atoms with Crippen molar-refractivity contribution >= 4 is 0 Å². The molecular weight excluding hydrogens is 332 g/mol. The quantitative estimate of drug-likeness (QED) is 0.231. The van der Waals surface area contributed by atoms with Crippen molar-refractivity contribution in [2.45, 2.75) is 77.0 Å². The second kappa shape index (κ2) is 37.5. The fourth-order valence-corrected chi connectivity index (χ4v) is 2.23. The topological polar surface area (TPSA) is 59.7 Å². The van der Waals surface area contributed by atoms with Crippen molar-refractivity contribution in [2.75, 3.05) is 0 Å². The van der Waals surface area contributed by atoms with Gasteiger partial charge in [-0.15, -0.1) is 0 Å². The Bertz CT molecular complexity index is 247. The van der Waals surface area contributed by atoms with Crippen LogP contribution in [-0.4, -0.2) is 0 Å². The average Bonchev–Trinajstić information content (AvgIpc) is 2.52. The van der Waals surface area contributed by atoms with Crippen LogP contribution in [0.5, 0.6) is 0 Å². The van der Waals surface area contributed by atoms with E-state index in [4.69, 9.17) is 14.0 Å². The first-order valence-corrected chi connectivity index (χ1v) is 7.91. The standard InChI is InChI=1S/2C8H14.3CO.Fe/c2*1-2-4-6-8-7-5-3-1;3*1-2;/h2*1-2H,3-8H2;;;;/b2*2-1-;;;;. The zero-order valence-electron chi connectivity index (χ0n) is 13.9. The maximum Gasteiger partial charge on any atom is 0 e. The minimum atomic E-state index is 0. The van der Waals surface area contributed by atoms with Gasteiger partial charge in [-0.1, -0.05) is 50.0 Å². The number of hydrogen-bond acceptors (Lipinski definition) is 0. The van der Waals surface area contributed by atoms with Gasteiger partial charge in [-0.3, -0.25) is 0 Å². The molecule has 0 aliphatic heterocycles. The van der Waals surface area contributed by atoms with E-state index in [1.807, 2.05) is 0 Å². The number of allylic oxidation sites excluding steroid dienone is 4. The van der Waals surface area contributed by atoms with Gasteiger partial charge in [0.1, 0.15) is 0 Å². The molecule has 4 heteroatoms. The molecular formula is C19H28FeO3. The maximum atomic E-state index is 7.50. The summed E-state index contributed by atoms with van der Waals surface area (Å²) in [4.78, 5) is 0. The van der Waals surface area contributed by atoms with Crippen LogP contribution in [0.4, 0.5) is 0 Å². The van der Waals surface area contributed by atoms with Gasteiger partial charge in [0.2, 0.25) is 0 Å². The summed E-state index contributed by atoms with van der Waals surface area (Å²) in [5, 5.41) is 0. The first-order chi connectivity index (χ1) is 11.0. The second-order valence-corrected chi connectivity index (χ2v) is 4.93. The van der Waals surface area contributed by atoms with Gasteiger partial charge >= 0.3 is 33.9 Å². The van der Waals surface area contributed by atoms with E-state index in [0.717, 1.165) is 0 Å². The predicted octanol–water partition coefficient (Wildman–Crippen LogP) is 5.68. The fraction of sp³-hybridized carbons (Fsp3) is 0.632. The first-order valence-electron chi connectivity index (χ1n) is 7.91. The molecule has 0 heterocycles. The van der Waals surface area contributed by atoms with Gasteiger partial charge in [-0.05, 0) is 51.4 Å². The molecule has 0 N–H and O–H groups in total. The monoisotopic (exact) mass is 360 g/mol. The van der Waals surface area contributed by atoms with Gasteiger partial charge in [-0.25, -0.2) is 0 Å². The summed E-state index contributed by atoms with van der Waals surface area (Å²) in [6.45, 7) is 13.5. The number of rotatable bonds is 0. The Morgan fingerprint density at radius 3 is 0.739 bits per heavy atom. The van der Waals surface area contributed by atoms with Gasteiger partial charge in [-0.2, -0.15) is 0 Å². The molecule has 23 heavy (non-hydrogen) atoms. The van der Waals surface area contributed by atoms with Gasteiger partial charge < -0.3 is 0 Å². The molecule has 2 rings (SSSR count). The molecule has 0 bridgehead atoms. The molecule has 0 spiro atoms. The third kappa shape index (κ3) is 33.8. The Hall–Kier alpha value is -0.781. The van der Waals surface area contributed by atoms with Gasteiger partial charge in [0.25, 0.3) is 0 Å². The summed E-state index contributed by atoms with van der Waals surface area (Å²) < 4.78 is 22.5. The third-order valence-electron chi connectivity index (χ3n) is 3.32.